The van der Waals surface area contributed by atoms with Gasteiger partial charge in [0.05, 0.1) is 4.47 Å². The Balaban J connectivity index is 2.09. The summed E-state index contributed by atoms with van der Waals surface area (Å²) in [5, 5.41) is 0. The number of piperidine rings is 1. The van der Waals surface area contributed by atoms with Crippen LogP contribution in [0.1, 0.15) is 19.8 Å². The maximum absolute atomic E-state index is 12.3. The number of nitrogens with two attached hydrogens (primary N) is 1. The molecule has 2 rings (SSSR count). The van der Waals surface area contributed by atoms with Crippen LogP contribution in [0.3, 0.4) is 0 Å². The summed E-state index contributed by atoms with van der Waals surface area (Å²) >= 11 is 3.05. The van der Waals surface area contributed by atoms with Crippen LogP contribution in [0.2, 0.25) is 0 Å². The lowest BCUT2D eigenvalue weighted by Crippen LogP contribution is -2.47. The number of hydrogen-bond donors (Lipinski definition) is 2. The van der Waals surface area contributed by atoms with Gasteiger partial charge in [0.1, 0.15) is 6.54 Å². The summed E-state index contributed by atoms with van der Waals surface area (Å²) in [6.07, 6.45) is 3.28. The van der Waals surface area contributed by atoms with E-state index in [2.05, 4.69) is 20.9 Å². The molecule has 0 aliphatic carbocycles. The maximum atomic E-state index is 12.3. The van der Waals surface area contributed by atoms with E-state index in [-0.39, 0.29) is 23.0 Å². The predicted molar refractivity (Wildman–Crippen MR) is 82.0 cm³/mol. The van der Waals surface area contributed by atoms with Crippen LogP contribution in [0, 0.1) is 5.92 Å². The number of nitrogens with one attached hydrogen (secondary N) is 1. The second-order valence-electron chi connectivity index (χ2n) is 5.47. The van der Waals surface area contributed by atoms with Crippen molar-refractivity contribution in [1.82, 2.24) is 14.5 Å². The number of likely N-dealkylation sites (tertiary alicyclic amines) is 1. The molecule has 21 heavy (non-hydrogen) atoms. The molecule has 3 N–H and O–H groups in total. The molecule has 2 unspecified atom stereocenters. The van der Waals surface area contributed by atoms with Crippen molar-refractivity contribution in [2.24, 2.45) is 11.7 Å². The number of hydrogen-bond acceptors (Lipinski definition) is 4. The summed E-state index contributed by atoms with van der Waals surface area (Å²) in [5.74, 6) is 0.156. The Morgan fingerprint density at radius 2 is 2.29 bits per heavy atom. The van der Waals surface area contributed by atoms with Gasteiger partial charge in [-0.3, -0.25) is 19.1 Å². The molecule has 2 heterocycles. The van der Waals surface area contributed by atoms with Crippen LogP contribution in [-0.4, -0.2) is 39.5 Å². The summed E-state index contributed by atoms with van der Waals surface area (Å²) in [4.78, 5) is 39.1. The molecule has 1 aromatic rings. The van der Waals surface area contributed by atoms with Crippen molar-refractivity contribution in [1.29, 1.82) is 0 Å². The van der Waals surface area contributed by atoms with Crippen LogP contribution in [0.5, 0.6) is 0 Å². The van der Waals surface area contributed by atoms with Gasteiger partial charge < -0.3 is 10.6 Å². The first-order valence-electron chi connectivity index (χ1n) is 6.91. The van der Waals surface area contributed by atoms with E-state index in [0.717, 1.165) is 12.8 Å². The minimum atomic E-state index is -0.586. The minimum absolute atomic E-state index is 0.0468. The Morgan fingerprint density at radius 3 is 2.95 bits per heavy atom. The highest BCUT2D eigenvalue weighted by Gasteiger charge is 2.26. The van der Waals surface area contributed by atoms with Crippen molar-refractivity contribution in [3.05, 3.63) is 31.5 Å². The number of amides is 1. The third-order valence-electron chi connectivity index (χ3n) is 3.83. The summed E-state index contributed by atoms with van der Waals surface area (Å²) in [6, 6.07) is 0.0468. The molecular formula is C13H19BrN4O3. The number of carbonyl (C=O) groups excluding carboxylic acids is 1. The Morgan fingerprint density at radius 1 is 1.57 bits per heavy atom. The summed E-state index contributed by atoms with van der Waals surface area (Å²) in [5.41, 5.74) is 4.82. The van der Waals surface area contributed by atoms with E-state index in [9.17, 15) is 14.4 Å². The van der Waals surface area contributed by atoms with E-state index >= 15 is 0 Å². The van der Waals surface area contributed by atoms with Crippen LogP contribution in [0.15, 0.2) is 20.3 Å². The molecule has 0 saturated carbocycles. The van der Waals surface area contributed by atoms with E-state index in [0.29, 0.717) is 19.0 Å². The zero-order valence-electron chi connectivity index (χ0n) is 11.8. The lowest BCUT2D eigenvalue weighted by Gasteiger charge is -2.34. The molecule has 1 amide bonds. The quantitative estimate of drug-likeness (QED) is 0.786. The fourth-order valence-electron chi connectivity index (χ4n) is 2.51. The second-order valence-corrected chi connectivity index (χ2v) is 6.32. The van der Waals surface area contributed by atoms with E-state index in [1.165, 1.54) is 10.8 Å². The van der Waals surface area contributed by atoms with Gasteiger partial charge in [0.2, 0.25) is 5.91 Å². The van der Waals surface area contributed by atoms with Crippen molar-refractivity contribution < 1.29 is 4.79 Å². The molecule has 2 atom stereocenters. The Kier molecular flexibility index (Phi) is 5.00. The van der Waals surface area contributed by atoms with Gasteiger partial charge in [0.15, 0.2) is 0 Å². The first-order chi connectivity index (χ1) is 9.88. The van der Waals surface area contributed by atoms with Crippen LogP contribution in [0.4, 0.5) is 0 Å². The average Bonchev–Trinajstić information content (AvgIpc) is 2.44. The summed E-state index contributed by atoms with van der Waals surface area (Å²) in [7, 11) is 0. The van der Waals surface area contributed by atoms with E-state index < -0.39 is 11.2 Å². The predicted octanol–water partition coefficient (Wildman–Crippen LogP) is -0.115. The lowest BCUT2D eigenvalue weighted by atomic mass is 9.92. The fourth-order valence-corrected chi connectivity index (χ4v) is 2.86. The SMILES string of the molecule is CC(N)C1CCCN(C(=O)Cn2cc(Br)c(=O)[nH]c2=O)C1. The highest BCUT2D eigenvalue weighted by Crippen LogP contribution is 2.18. The zero-order chi connectivity index (χ0) is 15.6. The van der Waals surface area contributed by atoms with Gasteiger partial charge >= 0.3 is 5.69 Å². The van der Waals surface area contributed by atoms with Crippen LogP contribution >= 0.6 is 15.9 Å². The highest BCUT2D eigenvalue weighted by molar-refractivity contribution is 9.10. The van der Waals surface area contributed by atoms with Gasteiger partial charge in [0, 0.05) is 25.3 Å². The number of nitrogens with zero attached hydrogens (tertiary/aromatic N) is 2. The van der Waals surface area contributed by atoms with Crippen LogP contribution < -0.4 is 17.0 Å². The molecule has 0 bridgehead atoms. The van der Waals surface area contributed by atoms with E-state index in [1.807, 2.05) is 6.92 Å². The molecule has 1 saturated heterocycles. The monoisotopic (exact) mass is 358 g/mol. The first-order valence-corrected chi connectivity index (χ1v) is 7.70. The first kappa shape index (κ1) is 16.0. The van der Waals surface area contributed by atoms with Crippen LogP contribution in [0.25, 0.3) is 0 Å². The van der Waals surface area contributed by atoms with Crippen molar-refractivity contribution in [2.45, 2.75) is 32.4 Å². The Labute approximate surface area is 130 Å². The molecule has 0 aromatic carbocycles. The fraction of sp³-hybridized carbons (Fsp3) is 0.615. The van der Waals surface area contributed by atoms with Crippen LogP contribution in [-0.2, 0) is 11.3 Å². The Bertz CT molecular complexity index is 637. The third-order valence-corrected chi connectivity index (χ3v) is 4.39. The number of aromatic nitrogens is 2. The second kappa shape index (κ2) is 6.57. The van der Waals surface area contributed by atoms with Gasteiger partial charge in [-0.2, -0.15) is 0 Å². The molecule has 1 aromatic heterocycles. The van der Waals surface area contributed by atoms with Crippen molar-refractivity contribution >= 4 is 21.8 Å². The van der Waals surface area contributed by atoms with E-state index in [1.54, 1.807) is 4.90 Å². The minimum Gasteiger partial charge on any atom is -0.341 e. The number of H-pyrrole nitrogens is 1. The molecule has 1 aliphatic heterocycles. The third kappa shape index (κ3) is 3.82. The lowest BCUT2D eigenvalue weighted by molar-refractivity contribution is -0.133. The normalized spacial score (nSPS) is 20.3. The molecule has 0 spiro atoms. The molecule has 116 valence electrons. The topological polar surface area (TPSA) is 101 Å². The van der Waals surface area contributed by atoms with Gasteiger partial charge in [-0.1, -0.05) is 0 Å². The maximum Gasteiger partial charge on any atom is 0.328 e. The standard InChI is InChI=1S/C13H19BrN4O3/c1-8(15)9-3-2-4-17(5-9)11(19)7-18-6-10(14)12(20)16-13(18)21/h6,8-9H,2-5,7,15H2,1H3,(H,16,20,21). The summed E-state index contributed by atoms with van der Waals surface area (Å²) in [6.45, 7) is 3.17. The zero-order valence-corrected chi connectivity index (χ0v) is 13.4. The molecule has 0 radical (unpaired) electrons. The van der Waals surface area contributed by atoms with Gasteiger partial charge in [-0.15, -0.1) is 0 Å². The largest absolute Gasteiger partial charge is 0.341 e. The van der Waals surface area contributed by atoms with Gasteiger partial charge in [-0.05, 0) is 41.6 Å². The van der Waals surface area contributed by atoms with E-state index in [4.69, 9.17) is 5.73 Å². The highest BCUT2D eigenvalue weighted by atomic mass is 79.9. The molecule has 8 heteroatoms. The van der Waals surface area contributed by atoms with Crippen molar-refractivity contribution in [3.63, 3.8) is 0 Å². The van der Waals surface area contributed by atoms with Crippen molar-refractivity contribution in [2.75, 3.05) is 13.1 Å². The Hall–Kier alpha value is -1.41. The number of aromatic amines is 1. The number of carbonyl (C=O) groups is 1. The smallest absolute Gasteiger partial charge is 0.328 e. The molecule has 7 nitrogen and oxygen atoms in total. The molecule has 1 aliphatic rings. The van der Waals surface area contributed by atoms with Gasteiger partial charge in [-0.25, -0.2) is 4.79 Å². The molecule has 1 fully saturated rings. The number of rotatable bonds is 3. The number of halogens is 1. The van der Waals surface area contributed by atoms with Crippen molar-refractivity contribution in [3.8, 4) is 0 Å². The summed E-state index contributed by atoms with van der Waals surface area (Å²) < 4.78 is 1.42. The average molecular weight is 359 g/mol. The van der Waals surface area contributed by atoms with Gasteiger partial charge in [0.25, 0.3) is 5.56 Å². The molecular weight excluding hydrogens is 340 g/mol.